The topological polar surface area (TPSA) is 87.7 Å². The molecule has 0 amide bonds. The molecule has 2 aliphatic heterocycles. The molecule has 3 aliphatic rings. The molecule has 2 atom stereocenters. The summed E-state index contributed by atoms with van der Waals surface area (Å²) in [6, 6.07) is 9.36. The molecule has 2 saturated heterocycles. The zero-order chi connectivity index (χ0) is 26.4. The quantitative estimate of drug-likeness (QED) is 0.343. The average Bonchev–Trinajstić information content (AvgIpc) is 3.58. The lowest BCUT2D eigenvalue weighted by molar-refractivity contribution is -0.0494. The van der Waals surface area contributed by atoms with Gasteiger partial charge in [0.25, 0.3) is 0 Å². The van der Waals surface area contributed by atoms with Crippen molar-refractivity contribution in [3.8, 4) is 16.9 Å². The van der Waals surface area contributed by atoms with Gasteiger partial charge in [0.2, 0.25) is 0 Å². The van der Waals surface area contributed by atoms with Crippen LogP contribution in [0.2, 0.25) is 0 Å². The summed E-state index contributed by atoms with van der Waals surface area (Å²) >= 11 is 0. The number of piperidine rings is 1. The fourth-order valence-electron chi connectivity index (χ4n) is 6.23. The number of benzene rings is 1. The molecule has 4 heterocycles. The molecule has 9 heteroatoms. The minimum atomic E-state index is -2.89. The van der Waals surface area contributed by atoms with Crippen molar-refractivity contribution in [2.24, 2.45) is 0 Å². The maximum Gasteiger partial charge on any atom is 0.387 e. The van der Waals surface area contributed by atoms with Gasteiger partial charge >= 0.3 is 12.6 Å². The lowest BCUT2D eigenvalue weighted by Gasteiger charge is -2.40. The number of carbonyl (C=O) groups is 1. The number of carboxylic acids is 1. The van der Waals surface area contributed by atoms with E-state index in [4.69, 9.17) is 9.47 Å². The van der Waals surface area contributed by atoms with Gasteiger partial charge < -0.3 is 24.5 Å². The van der Waals surface area contributed by atoms with Crippen LogP contribution >= 0.6 is 0 Å². The molecule has 0 radical (unpaired) electrons. The highest BCUT2D eigenvalue weighted by Gasteiger charge is 2.42. The molecule has 1 saturated carbocycles. The number of anilines is 1. The lowest BCUT2D eigenvalue weighted by Crippen LogP contribution is -2.46. The van der Waals surface area contributed by atoms with Crippen LogP contribution in [0, 0.1) is 6.92 Å². The first-order valence-corrected chi connectivity index (χ1v) is 13.2. The predicted octanol–water partition coefficient (Wildman–Crippen LogP) is 6.28. The van der Waals surface area contributed by atoms with E-state index in [9.17, 15) is 18.7 Å². The number of para-hydroxylation sites is 1. The van der Waals surface area contributed by atoms with Gasteiger partial charge in [-0.15, -0.1) is 0 Å². The molecule has 3 aromatic rings. The Morgan fingerprint density at radius 3 is 2.55 bits per heavy atom. The summed E-state index contributed by atoms with van der Waals surface area (Å²) in [6.07, 6.45) is 9.46. The smallest absolute Gasteiger partial charge is 0.387 e. The van der Waals surface area contributed by atoms with Gasteiger partial charge in [-0.1, -0.05) is 18.2 Å². The van der Waals surface area contributed by atoms with Crippen molar-refractivity contribution in [2.45, 2.75) is 82.8 Å². The van der Waals surface area contributed by atoms with Gasteiger partial charge in [0, 0.05) is 46.9 Å². The number of fused-ring (bicyclic) bond motifs is 2. The van der Waals surface area contributed by atoms with Crippen LogP contribution in [0.4, 0.5) is 14.6 Å². The molecule has 0 spiro atoms. The van der Waals surface area contributed by atoms with Gasteiger partial charge in [0.15, 0.2) is 0 Å². The highest BCUT2D eigenvalue weighted by atomic mass is 19.3. The number of ether oxygens (including phenoxy) is 2. The van der Waals surface area contributed by atoms with E-state index in [0.29, 0.717) is 23.7 Å². The highest BCUT2D eigenvalue weighted by Crippen LogP contribution is 2.46. The number of alkyl halides is 2. The Labute approximate surface area is 219 Å². The van der Waals surface area contributed by atoms with E-state index in [-0.39, 0.29) is 29.5 Å². The largest absolute Gasteiger partial charge is 0.478 e. The molecule has 1 aliphatic carbocycles. The van der Waals surface area contributed by atoms with E-state index in [1.54, 1.807) is 12.1 Å². The number of hydrogen-bond donors (Lipinski definition) is 2. The van der Waals surface area contributed by atoms with Crippen LogP contribution in [0.1, 0.15) is 71.6 Å². The Morgan fingerprint density at radius 2 is 1.89 bits per heavy atom. The Bertz CT molecular complexity index is 1330. The average molecular weight is 524 g/mol. The van der Waals surface area contributed by atoms with Crippen LogP contribution in [0.15, 0.2) is 42.7 Å². The zero-order valence-corrected chi connectivity index (χ0v) is 21.2. The lowest BCUT2D eigenvalue weighted by atomic mass is 9.98. The summed E-state index contributed by atoms with van der Waals surface area (Å²) in [5, 5.41) is 9.35. The summed E-state index contributed by atoms with van der Waals surface area (Å²) in [7, 11) is 0. The van der Waals surface area contributed by atoms with Crippen molar-refractivity contribution >= 4 is 11.8 Å². The van der Waals surface area contributed by atoms with E-state index in [1.165, 1.54) is 6.20 Å². The summed E-state index contributed by atoms with van der Waals surface area (Å²) in [5.41, 5.74) is 4.58. The van der Waals surface area contributed by atoms with Crippen molar-refractivity contribution < 1.29 is 28.2 Å². The molecular weight excluding hydrogens is 492 g/mol. The van der Waals surface area contributed by atoms with Crippen LogP contribution in [0.5, 0.6) is 5.75 Å². The summed E-state index contributed by atoms with van der Waals surface area (Å²) in [6.45, 7) is -0.678. The molecule has 6 rings (SSSR count). The van der Waals surface area contributed by atoms with E-state index >= 15 is 0 Å². The number of rotatable bonds is 9. The van der Waals surface area contributed by atoms with Gasteiger partial charge in [-0.3, -0.25) is 0 Å². The third kappa shape index (κ3) is 4.75. The normalized spacial score (nSPS) is 22.7. The standard InChI is InChI=1S/C29H31F2N3O4/c1-16-10-26(32-13-22(16)28(35)36)34-18-8-9-19(34)12-20(11-18)37-15-24-23(14-33-27(24)17-6-7-17)21-4-2-3-5-25(21)38-29(30)31/h2-5,10,13-14,17-20,29,33H,6-9,11-12,15H2,1H3,(H,35,36). The maximum atomic E-state index is 13.1. The molecule has 2 bridgehead atoms. The van der Waals surface area contributed by atoms with Crippen molar-refractivity contribution in [1.82, 2.24) is 9.97 Å². The molecule has 7 nitrogen and oxygen atoms in total. The Balaban J connectivity index is 1.19. The first kappa shape index (κ1) is 24.9. The first-order valence-electron chi connectivity index (χ1n) is 13.2. The Kier molecular flexibility index (Phi) is 6.55. The second-order valence-electron chi connectivity index (χ2n) is 10.6. The van der Waals surface area contributed by atoms with Crippen molar-refractivity contribution in [1.29, 1.82) is 0 Å². The summed E-state index contributed by atoms with van der Waals surface area (Å²) in [4.78, 5) is 21.6. The van der Waals surface area contributed by atoms with E-state index in [2.05, 4.69) is 14.9 Å². The van der Waals surface area contributed by atoms with Crippen LogP contribution in [0.25, 0.3) is 11.1 Å². The molecule has 1 aromatic carbocycles. The number of aromatic carboxylic acids is 1. The fourth-order valence-corrected chi connectivity index (χ4v) is 6.23. The molecule has 2 unspecified atom stereocenters. The van der Waals surface area contributed by atoms with E-state index in [1.807, 2.05) is 31.3 Å². The highest BCUT2D eigenvalue weighted by molar-refractivity contribution is 5.89. The number of aromatic nitrogens is 2. The molecule has 38 heavy (non-hydrogen) atoms. The molecule has 2 aromatic heterocycles. The Hall–Kier alpha value is -3.46. The predicted molar refractivity (Wildman–Crippen MR) is 138 cm³/mol. The number of H-pyrrole nitrogens is 1. The summed E-state index contributed by atoms with van der Waals surface area (Å²) < 4.78 is 37.5. The Morgan fingerprint density at radius 1 is 1.16 bits per heavy atom. The van der Waals surface area contributed by atoms with Crippen LogP contribution in [0.3, 0.4) is 0 Å². The number of aromatic amines is 1. The minimum absolute atomic E-state index is 0.0745. The number of nitrogens with one attached hydrogen (secondary N) is 1. The van der Waals surface area contributed by atoms with Crippen LogP contribution in [-0.4, -0.2) is 45.8 Å². The first-order chi connectivity index (χ1) is 18.4. The molecule has 200 valence electrons. The van der Waals surface area contributed by atoms with Crippen LogP contribution < -0.4 is 9.64 Å². The van der Waals surface area contributed by atoms with Crippen molar-refractivity contribution in [3.63, 3.8) is 0 Å². The van der Waals surface area contributed by atoms with Crippen LogP contribution in [-0.2, 0) is 11.3 Å². The number of aryl methyl sites for hydroxylation is 1. The fraction of sp³-hybridized carbons (Fsp3) is 0.448. The third-order valence-corrected chi connectivity index (χ3v) is 8.15. The monoisotopic (exact) mass is 523 g/mol. The molecule has 3 fully saturated rings. The molecular formula is C29H31F2N3O4. The van der Waals surface area contributed by atoms with E-state index < -0.39 is 12.6 Å². The van der Waals surface area contributed by atoms with E-state index in [0.717, 1.165) is 61.2 Å². The number of halogens is 2. The van der Waals surface area contributed by atoms with Crippen molar-refractivity contribution in [2.75, 3.05) is 4.90 Å². The van der Waals surface area contributed by atoms with Gasteiger partial charge in [0.05, 0.1) is 18.3 Å². The number of nitrogens with zero attached hydrogens (tertiary/aromatic N) is 2. The second-order valence-corrected chi connectivity index (χ2v) is 10.6. The van der Waals surface area contributed by atoms with Crippen molar-refractivity contribution in [3.05, 3.63) is 65.1 Å². The number of hydrogen-bond acceptors (Lipinski definition) is 5. The van der Waals surface area contributed by atoms with Gasteiger partial charge in [-0.05, 0) is 69.1 Å². The van der Waals surface area contributed by atoms with Gasteiger partial charge in [0.1, 0.15) is 11.6 Å². The number of carboxylic acid groups (broad SMARTS) is 1. The SMILES string of the molecule is Cc1cc(N2C3CCC2CC(OCc2c(-c4ccccc4OC(F)F)c[nH]c2C2CC2)C3)ncc1C(=O)O. The zero-order valence-electron chi connectivity index (χ0n) is 21.2. The third-order valence-electron chi connectivity index (χ3n) is 8.15. The second kappa shape index (κ2) is 10.0. The van der Waals surface area contributed by atoms with Gasteiger partial charge in [-0.2, -0.15) is 8.78 Å². The molecule has 2 N–H and O–H groups in total. The van der Waals surface area contributed by atoms with Gasteiger partial charge in [-0.25, -0.2) is 9.78 Å². The maximum absolute atomic E-state index is 13.1. The number of pyridine rings is 1. The summed E-state index contributed by atoms with van der Waals surface area (Å²) in [5.74, 6) is 0.479. The minimum Gasteiger partial charge on any atom is -0.478 e.